The van der Waals surface area contributed by atoms with E-state index in [1.54, 1.807) is 0 Å². The zero-order valence-electron chi connectivity index (χ0n) is 11.5. The molecular weight excluding hydrogens is 218 g/mol. The van der Waals surface area contributed by atoms with Crippen molar-refractivity contribution in [1.29, 1.82) is 0 Å². The molecule has 0 amide bonds. The van der Waals surface area contributed by atoms with Gasteiger partial charge in [-0.15, -0.1) is 0 Å². The van der Waals surface area contributed by atoms with Gasteiger partial charge in [0.15, 0.2) is 0 Å². The molecular formula is C17H21N. The molecule has 0 aliphatic heterocycles. The molecule has 18 heavy (non-hydrogen) atoms. The van der Waals surface area contributed by atoms with Gasteiger partial charge in [-0.05, 0) is 55.7 Å². The van der Waals surface area contributed by atoms with Gasteiger partial charge in [0.25, 0.3) is 0 Å². The van der Waals surface area contributed by atoms with Crippen LogP contribution in [0.25, 0.3) is 0 Å². The Hall–Kier alpha value is -1.76. The van der Waals surface area contributed by atoms with Crippen LogP contribution in [0.3, 0.4) is 0 Å². The fourth-order valence-electron chi connectivity index (χ4n) is 2.13. The molecule has 1 nitrogen and oxygen atoms in total. The number of hydrogen-bond donors (Lipinski definition) is 1. The Balaban J connectivity index is 2.14. The molecule has 0 saturated carbocycles. The molecule has 2 aromatic rings. The summed E-state index contributed by atoms with van der Waals surface area (Å²) in [5.74, 6) is 0. The minimum absolute atomic E-state index is 1.14. The summed E-state index contributed by atoms with van der Waals surface area (Å²) in [6.45, 7) is 6.51. The van der Waals surface area contributed by atoms with Crippen LogP contribution in [0.5, 0.6) is 0 Å². The lowest BCUT2D eigenvalue weighted by Gasteiger charge is -2.10. The molecule has 94 valence electrons. The normalized spacial score (nSPS) is 10.4. The quantitative estimate of drug-likeness (QED) is 0.791. The Bertz CT molecular complexity index is 512. The molecule has 2 aromatic carbocycles. The van der Waals surface area contributed by atoms with Crippen LogP contribution in [-0.2, 0) is 6.42 Å². The highest BCUT2D eigenvalue weighted by molar-refractivity contribution is 5.61. The summed E-state index contributed by atoms with van der Waals surface area (Å²) >= 11 is 0. The van der Waals surface area contributed by atoms with Crippen LogP contribution in [0.1, 0.15) is 30.0 Å². The van der Waals surface area contributed by atoms with Crippen molar-refractivity contribution in [3.05, 3.63) is 59.2 Å². The van der Waals surface area contributed by atoms with Crippen LogP contribution in [0.15, 0.2) is 42.5 Å². The number of benzene rings is 2. The predicted molar refractivity (Wildman–Crippen MR) is 79.6 cm³/mol. The maximum Gasteiger partial charge on any atom is 0.0387 e. The highest BCUT2D eigenvalue weighted by atomic mass is 14.9. The summed E-state index contributed by atoms with van der Waals surface area (Å²) in [5, 5.41) is 3.44. The molecule has 0 heterocycles. The number of anilines is 2. The number of nitrogens with one attached hydrogen (secondary N) is 1. The minimum Gasteiger partial charge on any atom is -0.356 e. The van der Waals surface area contributed by atoms with Crippen molar-refractivity contribution in [2.45, 2.75) is 33.6 Å². The number of aryl methyl sites for hydroxylation is 3. The maximum atomic E-state index is 3.44. The van der Waals surface area contributed by atoms with Gasteiger partial charge in [-0.25, -0.2) is 0 Å². The predicted octanol–water partition coefficient (Wildman–Crippen LogP) is 5.00. The van der Waals surface area contributed by atoms with Gasteiger partial charge in [-0.3, -0.25) is 0 Å². The van der Waals surface area contributed by atoms with Crippen molar-refractivity contribution >= 4 is 11.4 Å². The van der Waals surface area contributed by atoms with Crippen LogP contribution in [-0.4, -0.2) is 0 Å². The third-order valence-corrected chi connectivity index (χ3v) is 3.20. The lowest BCUT2D eigenvalue weighted by molar-refractivity contribution is 0.913. The topological polar surface area (TPSA) is 12.0 Å². The second-order valence-electron chi connectivity index (χ2n) is 4.88. The van der Waals surface area contributed by atoms with Gasteiger partial charge >= 0.3 is 0 Å². The number of hydrogen-bond acceptors (Lipinski definition) is 1. The molecule has 0 radical (unpaired) electrons. The molecule has 0 unspecified atom stereocenters. The average molecular weight is 239 g/mol. The van der Waals surface area contributed by atoms with Gasteiger partial charge in [-0.1, -0.05) is 37.1 Å². The Morgan fingerprint density at radius 2 is 1.56 bits per heavy atom. The lowest BCUT2D eigenvalue weighted by atomic mass is 10.0. The highest BCUT2D eigenvalue weighted by Crippen LogP contribution is 2.21. The van der Waals surface area contributed by atoms with E-state index in [-0.39, 0.29) is 0 Å². The van der Waals surface area contributed by atoms with Crippen molar-refractivity contribution in [3.8, 4) is 0 Å². The van der Waals surface area contributed by atoms with Crippen LogP contribution < -0.4 is 5.32 Å². The van der Waals surface area contributed by atoms with Crippen LogP contribution in [0.2, 0.25) is 0 Å². The summed E-state index contributed by atoms with van der Waals surface area (Å²) in [7, 11) is 0. The fraction of sp³-hybridized carbons (Fsp3) is 0.294. The first-order valence-electron chi connectivity index (χ1n) is 6.62. The van der Waals surface area contributed by atoms with E-state index >= 15 is 0 Å². The van der Waals surface area contributed by atoms with E-state index in [4.69, 9.17) is 0 Å². The van der Waals surface area contributed by atoms with Crippen molar-refractivity contribution in [2.75, 3.05) is 5.32 Å². The van der Waals surface area contributed by atoms with E-state index in [9.17, 15) is 0 Å². The van der Waals surface area contributed by atoms with Crippen molar-refractivity contribution in [2.24, 2.45) is 0 Å². The molecule has 2 rings (SSSR count). The monoisotopic (exact) mass is 239 g/mol. The van der Waals surface area contributed by atoms with Crippen molar-refractivity contribution in [3.63, 3.8) is 0 Å². The van der Waals surface area contributed by atoms with Gasteiger partial charge in [0, 0.05) is 11.4 Å². The molecule has 0 aliphatic rings. The second kappa shape index (κ2) is 5.72. The Morgan fingerprint density at radius 1 is 0.889 bits per heavy atom. The van der Waals surface area contributed by atoms with E-state index in [0.717, 1.165) is 17.8 Å². The summed E-state index contributed by atoms with van der Waals surface area (Å²) in [6.07, 6.45) is 2.36. The second-order valence-corrected chi connectivity index (χ2v) is 4.88. The first-order chi connectivity index (χ1) is 8.69. The maximum absolute atomic E-state index is 3.44. The third-order valence-electron chi connectivity index (χ3n) is 3.20. The largest absolute Gasteiger partial charge is 0.356 e. The van der Waals surface area contributed by atoms with Crippen molar-refractivity contribution < 1.29 is 0 Å². The Morgan fingerprint density at radius 3 is 2.17 bits per heavy atom. The van der Waals surface area contributed by atoms with Crippen LogP contribution >= 0.6 is 0 Å². The van der Waals surface area contributed by atoms with E-state index in [0.29, 0.717) is 0 Å². The Labute approximate surface area is 110 Å². The SMILES string of the molecule is CCCc1ccc(Nc2ccc(C)cc2)cc1C. The zero-order valence-corrected chi connectivity index (χ0v) is 11.5. The lowest BCUT2D eigenvalue weighted by Crippen LogP contribution is -1.94. The Kier molecular flexibility index (Phi) is 4.03. The first-order valence-corrected chi connectivity index (χ1v) is 6.62. The van der Waals surface area contributed by atoms with Gasteiger partial charge in [0.1, 0.15) is 0 Å². The summed E-state index contributed by atoms with van der Waals surface area (Å²) < 4.78 is 0. The summed E-state index contributed by atoms with van der Waals surface area (Å²) in [6, 6.07) is 15.1. The summed E-state index contributed by atoms with van der Waals surface area (Å²) in [4.78, 5) is 0. The molecule has 0 atom stereocenters. The molecule has 0 fully saturated rings. The minimum atomic E-state index is 1.14. The third kappa shape index (κ3) is 3.13. The van der Waals surface area contributed by atoms with Gasteiger partial charge < -0.3 is 5.32 Å². The number of rotatable bonds is 4. The molecule has 0 aliphatic carbocycles. The molecule has 0 bridgehead atoms. The highest BCUT2D eigenvalue weighted by Gasteiger charge is 2.00. The summed E-state index contributed by atoms with van der Waals surface area (Å²) in [5.41, 5.74) is 6.41. The first kappa shape index (κ1) is 12.7. The molecule has 0 saturated heterocycles. The van der Waals surface area contributed by atoms with Gasteiger partial charge in [0.05, 0.1) is 0 Å². The zero-order chi connectivity index (χ0) is 13.0. The molecule has 1 heteroatoms. The van der Waals surface area contributed by atoms with Crippen LogP contribution in [0, 0.1) is 13.8 Å². The molecule has 0 aromatic heterocycles. The smallest absolute Gasteiger partial charge is 0.0387 e. The van der Waals surface area contributed by atoms with Crippen LogP contribution in [0.4, 0.5) is 11.4 Å². The van der Waals surface area contributed by atoms with E-state index in [2.05, 4.69) is 68.6 Å². The van der Waals surface area contributed by atoms with Gasteiger partial charge in [0.2, 0.25) is 0 Å². The standard InChI is InChI=1S/C17H21N/c1-4-5-15-8-11-17(12-14(15)3)18-16-9-6-13(2)7-10-16/h6-12,18H,4-5H2,1-3H3. The average Bonchev–Trinajstić information content (AvgIpc) is 2.36. The van der Waals surface area contributed by atoms with E-state index in [1.165, 1.54) is 23.1 Å². The van der Waals surface area contributed by atoms with E-state index < -0.39 is 0 Å². The van der Waals surface area contributed by atoms with Crippen molar-refractivity contribution in [1.82, 2.24) is 0 Å². The van der Waals surface area contributed by atoms with E-state index in [1.807, 2.05) is 0 Å². The van der Waals surface area contributed by atoms with Gasteiger partial charge in [-0.2, -0.15) is 0 Å². The molecule has 1 N–H and O–H groups in total. The fourth-order valence-corrected chi connectivity index (χ4v) is 2.13. The molecule has 0 spiro atoms.